The number of hydrogen-bond acceptors (Lipinski definition) is 2. The Bertz CT molecular complexity index is 853. The molecule has 1 aliphatic carbocycles. The number of aryl methyl sites for hydroxylation is 1. The first-order valence-corrected chi connectivity index (χ1v) is 10.0. The minimum absolute atomic E-state index is 0.142. The van der Waals surface area contributed by atoms with Gasteiger partial charge in [-0.25, -0.2) is 4.79 Å². The standard InChI is InChI=1S/C24H31NO3/c1-15(2)12-16-6-8-17(9-7-16)19-13-18-10-11-24(3,4)22(25-23(26)27)20(18)14-21(19)28-5/h6-9,13-15,22,25H,10-12H2,1-5H3,(H,26,27). The Labute approximate surface area is 167 Å². The summed E-state index contributed by atoms with van der Waals surface area (Å²) in [6.07, 6.45) is 1.95. The third kappa shape index (κ3) is 4.16. The van der Waals surface area contributed by atoms with Crippen LogP contribution in [-0.4, -0.2) is 18.3 Å². The van der Waals surface area contributed by atoms with Crippen LogP contribution in [0.4, 0.5) is 4.79 Å². The highest BCUT2D eigenvalue weighted by Crippen LogP contribution is 2.46. The topological polar surface area (TPSA) is 58.6 Å². The molecule has 0 heterocycles. The molecule has 0 fully saturated rings. The van der Waals surface area contributed by atoms with Crippen molar-refractivity contribution in [2.45, 2.75) is 53.0 Å². The van der Waals surface area contributed by atoms with Crippen LogP contribution in [0.3, 0.4) is 0 Å². The first kappa shape index (κ1) is 20.2. The molecule has 0 saturated carbocycles. The third-order valence-electron chi connectivity index (χ3n) is 5.77. The van der Waals surface area contributed by atoms with E-state index in [9.17, 15) is 9.90 Å². The van der Waals surface area contributed by atoms with E-state index in [0.717, 1.165) is 41.7 Å². The summed E-state index contributed by atoms with van der Waals surface area (Å²) < 4.78 is 5.71. The predicted molar refractivity (Wildman–Crippen MR) is 113 cm³/mol. The molecule has 1 amide bonds. The van der Waals surface area contributed by atoms with Gasteiger partial charge in [0.1, 0.15) is 5.75 Å². The van der Waals surface area contributed by atoms with E-state index in [2.05, 4.69) is 63.3 Å². The van der Waals surface area contributed by atoms with Gasteiger partial charge in [-0.3, -0.25) is 0 Å². The van der Waals surface area contributed by atoms with Gasteiger partial charge in [0.05, 0.1) is 13.2 Å². The molecule has 2 N–H and O–H groups in total. The Morgan fingerprint density at radius 3 is 2.50 bits per heavy atom. The number of methoxy groups -OCH3 is 1. The Balaban J connectivity index is 2.02. The third-order valence-corrected chi connectivity index (χ3v) is 5.77. The maximum absolute atomic E-state index is 11.4. The quantitative estimate of drug-likeness (QED) is 0.684. The van der Waals surface area contributed by atoms with Crippen LogP contribution in [0, 0.1) is 11.3 Å². The van der Waals surface area contributed by atoms with Gasteiger partial charge < -0.3 is 15.2 Å². The lowest BCUT2D eigenvalue weighted by atomic mass is 9.70. The van der Waals surface area contributed by atoms with E-state index >= 15 is 0 Å². The lowest BCUT2D eigenvalue weighted by Gasteiger charge is -2.40. The molecule has 0 bridgehead atoms. The van der Waals surface area contributed by atoms with E-state index in [4.69, 9.17) is 4.74 Å². The molecule has 150 valence electrons. The summed E-state index contributed by atoms with van der Waals surface area (Å²) in [6, 6.07) is 12.6. The van der Waals surface area contributed by atoms with Crippen LogP contribution in [0.25, 0.3) is 11.1 Å². The van der Waals surface area contributed by atoms with Crippen molar-refractivity contribution in [2.75, 3.05) is 7.11 Å². The van der Waals surface area contributed by atoms with E-state index in [1.165, 1.54) is 11.1 Å². The van der Waals surface area contributed by atoms with Crippen molar-refractivity contribution in [2.24, 2.45) is 11.3 Å². The van der Waals surface area contributed by atoms with E-state index in [1.807, 2.05) is 6.07 Å². The Morgan fingerprint density at radius 2 is 1.93 bits per heavy atom. The molecule has 0 aliphatic heterocycles. The zero-order valence-electron chi connectivity index (χ0n) is 17.5. The van der Waals surface area contributed by atoms with Crippen molar-refractivity contribution < 1.29 is 14.6 Å². The van der Waals surface area contributed by atoms with Crippen LogP contribution < -0.4 is 10.1 Å². The number of amides is 1. The molecule has 0 spiro atoms. The molecule has 0 saturated heterocycles. The molecule has 4 nitrogen and oxygen atoms in total. The average Bonchev–Trinajstić information content (AvgIpc) is 2.63. The number of carboxylic acid groups (broad SMARTS) is 1. The zero-order chi connectivity index (χ0) is 20.5. The van der Waals surface area contributed by atoms with E-state index in [1.54, 1.807) is 7.11 Å². The minimum atomic E-state index is -0.991. The first-order valence-electron chi connectivity index (χ1n) is 10.0. The van der Waals surface area contributed by atoms with Crippen LogP contribution in [-0.2, 0) is 12.8 Å². The summed E-state index contributed by atoms with van der Waals surface area (Å²) in [7, 11) is 1.67. The summed E-state index contributed by atoms with van der Waals surface area (Å²) in [5, 5.41) is 12.1. The number of fused-ring (bicyclic) bond motifs is 1. The van der Waals surface area contributed by atoms with Gasteiger partial charge in [-0.1, -0.05) is 52.0 Å². The highest BCUT2D eigenvalue weighted by Gasteiger charge is 2.37. The molecular weight excluding hydrogens is 350 g/mol. The molecule has 1 aliphatic rings. The number of hydrogen-bond donors (Lipinski definition) is 2. The second-order valence-corrected chi connectivity index (χ2v) is 8.92. The van der Waals surface area contributed by atoms with Crippen LogP contribution in [0.2, 0.25) is 0 Å². The number of ether oxygens (including phenoxy) is 1. The van der Waals surface area contributed by atoms with E-state index in [0.29, 0.717) is 5.92 Å². The van der Waals surface area contributed by atoms with E-state index in [-0.39, 0.29) is 11.5 Å². The fraction of sp³-hybridized carbons (Fsp3) is 0.458. The van der Waals surface area contributed by atoms with Crippen molar-refractivity contribution >= 4 is 6.09 Å². The summed E-state index contributed by atoms with van der Waals surface area (Å²) in [5.41, 5.74) is 5.60. The van der Waals surface area contributed by atoms with Gasteiger partial charge >= 0.3 is 6.09 Å². The molecule has 2 aromatic rings. The molecule has 28 heavy (non-hydrogen) atoms. The zero-order valence-corrected chi connectivity index (χ0v) is 17.5. The fourth-order valence-corrected chi connectivity index (χ4v) is 4.23. The molecular formula is C24H31NO3. The second kappa shape index (κ2) is 7.86. The number of carbonyl (C=O) groups is 1. The molecule has 0 aromatic heterocycles. The van der Waals surface area contributed by atoms with Gasteiger partial charge in [0.15, 0.2) is 0 Å². The fourth-order valence-electron chi connectivity index (χ4n) is 4.23. The van der Waals surface area contributed by atoms with Crippen LogP contribution >= 0.6 is 0 Å². The van der Waals surface area contributed by atoms with Gasteiger partial charge in [0, 0.05) is 5.56 Å². The maximum atomic E-state index is 11.4. The highest BCUT2D eigenvalue weighted by molar-refractivity contribution is 5.73. The summed E-state index contributed by atoms with van der Waals surface area (Å²) in [4.78, 5) is 11.4. The molecule has 4 heteroatoms. The average molecular weight is 382 g/mol. The Hall–Kier alpha value is -2.49. The van der Waals surface area contributed by atoms with Gasteiger partial charge in [0.25, 0.3) is 0 Å². The first-order chi connectivity index (χ1) is 13.2. The second-order valence-electron chi connectivity index (χ2n) is 8.92. The van der Waals surface area contributed by atoms with Gasteiger partial charge in [-0.05, 0) is 65.0 Å². The normalized spacial score (nSPS) is 17.9. The molecule has 1 unspecified atom stereocenters. The minimum Gasteiger partial charge on any atom is -0.496 e. The van der Waals surface area contributed by atoms with Gasteiger partial charge in [-0.2, -0.15) is 0 Å². The van der Waals surface area contributed by atoms with Gasteiger partial charge in [0.2, 0.25) is 0 Å². The Kier molecular flexibility index (Phi) is 5.69. The SMILES string of the molecule is COc1cc2c(cc1-c1ccc(CC(C)C)cc1)CCC(C)(C)C2NC(=O)O. The highest BCUT2D eigenvalue weighted by atomic mass is 16.5. The van der Waals surface area contributed by atoms with E-state index < -0.39 is 6.09 Å². The van der Waals surface area contributed by atoms with Crippen molar-refractivity contribution in [1.29, 1.82) is 0 Å². The lowest BCUT2D eigenvalue weighted by molar-refractivity contribution is 0.161. The summed E-state index contributed by atoms with van der Waals surface area (Å²) >= 11 is 0. The number of rotatable bonds is 5. The summed E-state index contributed by atoms with van der Waals surface area (Å²) in [6.45, 7) is 8.68. The Morgan fingerprint density at radius 1 is 1.25 bits per heavy atom. The van der Waals surface area contributed by atoms with Crippen LogP contribution in [0.5, 0.6) is 5.75 Å². The molecule has 2 aromatic carbocycles. The van der Waals surface area contributed by atoms with Crippen molar-refractivity contribution in [3.63, 3.8) is 0 Å². The number of nitrogens with one attached hydrogen (secondary N) is 1. The van der Waals surface area contributed by atoms with Crippen LogP contribution in [0.15, 0.2) is 36.4 Å². The monoisotopic (exact) mass is 381 g/mol. The maximum Gasteiger partial charge on any atom is 0.405 e. The predicted octanol–water partition coefficient (Wildman–Crippen LogP) is 5.84. The molecule has 1 atom stereocenters. The molecule has 3 rings (SSSR count). The number of benzene rings is 2. The largest absolute Gasteiger partial charge is 0.496 e. The van der Waals surface area contributed by atoms with Crippen molar-refractivity contribution in [3.8, 4) is 16.9 Å². The van der Waals surface area contributed by atoms with Crippen LogP contribution in [0.1, 0.15) is 56.8 Å². The molecule has 0 radical (unpaired) electrons. The smallest absolute Gasteiger partial charge is 0.405 e. The summed E-state index contributed by atoms with van der Waals surface area (Å²) in [5.74, 6) is 1.41. The van der Waals surface area contributed by atoms with Crippen molar-refractivity contribution in [3.05, 3.63) is 53.1 Å². The van der Waals surface area contributed by atoms with Gasteiger partial charge in [-0.15, -0.1) is 0 Å². The lowest BCUT2D eigenvalue weighted by Crippen LogP contribution is -2.40. The van der Waals surface area contributed by atoms with Crippen molar-refractivity contribution in [1.82, 2.24) is 5.32 Å².